The number of fused-ring (bicyclic) bond motifs is 2. The molecule has 4 aliphatic heterocycles. The van der Waals surface area contributed by atoms with Crippen molar-refractivity contribution in [2.75, 3.05) is 82.3 Å². The lowest BCUT2D eigenvalue weighted by molar-refractivity contribution is -0.136. The van der Waals surface area contributed by atoms with Crippen molar-refractivity contribution < 1.29 is 33.5 Å². The quantitative estimate of drug-likeness (QED) is 0.129. The van der Waals surface area contributed by atoms with Crippen LogP contribution >= 0.6 is 0 Å². The SMILES string of the molecule is O=C1CC[C@H](N2C(=O)c3ccc(OCC(=O)N4CCN(CCCN5CCN(c6ccc(Nc7ncnc8c7ncn8C7CC(NC(=O)Cc8ccccc8)C7)cc6)CC5)CC4)cc3C2=O)C(=O)N1. The normalized spacial score (nSPS) is 21.1. The molecule has 1 atom stereocenters. The second kappa shape index (κ2) is 19.5. The molecule has 3 saturated heterocycles. The van der Waals surface area contributed by atoms with Gasteiger partial charge < -0.3 is 29.7 Å². The molecule has 5 aromatic rings. The van der Waals surface area contributed by atoms with Gasteiger partial charge in [-0.05, 0) is 86.8 Å². The van der Waals surface area contributed by atoms with E-state index in [1.807, 2.05) is 36.7 Å². The van der Waals surface area contributed by atoms with Gasteiger partial charge in [0.25, 0.3) is 17.7 Å². The van der Waals surface area contributed by atoms with Gasteiger partial charge in [-0.3, -0.25) is 48.8 Å². The first-order valence-electron chi connectivity index (χ1n) is 23.5. The number of ether oxygens (including phenoxy) is 1. The molecule has 1 aliphatic carbocycles. The Kier molecular flexibility index (Phi) is 12.8. The molecule has 1 saturated carbocycles. The van der Waals surface area contributed by atoms with Crippen LogP contribution in [0, 0.1) is 0 Å². The number of nitrogens with one attached hydrogen (secondary N) is 3. The molecule has 0 spiro atoms. The minimum Gasteiger partial charge on any atom is -0.484 e. The van der Waals surface area contributed by atoms with Crippen molar-refractivity contribution in [1.29, 1.82) is 0 Å². The van der Waals surface area contributed by atoms with E-state index in [0.29, 0.717) is 30.8 Å². The van der Waals surface area contributed by atoms with Crippen molar-refractivity contribution in [2.24, 2.45) is 0 Å². The number of hydrogen-bond acceptors (Lipinski definition) is 14. The Balaban J connectivity index is 0.616. The minimum atomic E-state index is -1.05. The first-order chi connectivity index (χ1) is 33.1. The fraction of sp³-hybridized carbons (Fsp3) is 0.408. The summed E-state index contributed by atoms with van der Waals surface area (Å²) in [6.45, 7) is 8.38. The second-order valence-corrected chi connectivity index (χ2v) is 18.1. The maximum Gasteiger partial charge on any atom is 0.262 e. The van der Waals surface area contributed by atoms with Crippen molar-refractivity contribution in [2.45, 2.75) is 56.7 Å². The van der Waals surface area contributed by atoms with Crippen LogP contribution in [-0.2, 0) is 25.6 Å². The Labute approximate surface area is 392 Å². The minimum absolute atomic E-state index is 0.0412. The Hall–Kier alpha value is -7.25. The number of piperazine rings is 2. The van der Waals surface area contributed by atoms with Gasteiger partial charge in [-0.1, -0.05) is 30.3 Å². The molecule has 10 rings (SSSR count). The lowest BCUT2D eigenvalue weighted by Crippen LogP contribution is -2.54. The summed E-state index contributed by atoms with van der Waals surface area (Å²) in [5.41, 5.74) is 4.85. The molecular weight excluding hydrogens is 869 g/mol. The van der Waals surface area contributed by atoms with E-state index in [1.54, 1.807) is 17.3 Å². The number of anilines is 3. The standard InChI is InChI=1S/C49H54N12O7/c62-41-14-13-40(47(65)55-41)61-48(66)38-12-11-37(28-39(38)49(61)67)68-29-43(64)59-23-19-57(20-24-59)16-4-15-56-17-21-58(22-18-56)35-9-7-33(8-10-35)54-45-44-46(51-30-50-45)60(31-52-44)36-26-34(27-36)53-42(63)25-32-5-2-1-3-6-32/h1-3,5-12,28,30-31,34,36,40H,4,13-27,29H2,(H,53,63)(H,50,51,54)(H,55,62,65)/t34?,36?,40-/m0/s1. The highest BCUT2D eigenvalue weighted by molar-refractivity contribution is 6.23. The van der Waals surface area contributed by atoms with Gasteiger partial charge in [0.15, 0.2) is 23.6 Å². The average Bonchev–Trinajstić information content (AvgIpc) is 3.88. The van der Waals surface area contributed by atoms with Crippen LogP contribution in [-0.4, -0.2) is 159 Å². The van der Waals surface area contributed by atoms with E-state index in [-0.39, 0.29) is 60.2 Å². The summed E-state index contributed by atoms with van der Waals surface area (Å²) in [6.07, 6.45) is 6.59. The maximum atomic E-state index is 13.2. The zero-order chi connectivity index (χ0) is 46.7. The van der Waals surface area contributed by atoms with Crippen molar-refractivity contribution in [3.05, 3.63) is 102 Å². The van der Waals surface area contributed by atoms with Crippen LogP contribution in [0.5, 0.6) is 5.75 Å². The highest BCUT2D eigenvalue weighted by Crippen LogP contribution is 2.36. The summed E-state index contributed by atoms with van der Waals surface area (Å²) in [4.78, 5) is 99.5. The summed E-state index contributed by atoms with van der Waals surface area (Å²) in [6, 6.07) is 22.0. The molecule has 19 nitrogen and oxygen atoms in total. The highest BCUT2D eigenvalue weighted by atomic mass is 16.5. The number of imide groups is 2. The molecule has 4 fully saturated rings. The summed E-state index contributed by atoms with van der Waals surface area (Å²) in [5.74, 6) is -1.49. The van der Waals surface area contributed by atoms with E-state index in [2.05, 4.69) is 74.4 Å². The predicted octanol–water partition coefficient (Wildman–Crippen LogP) is 2.77. The molecule has 0 radical (unpaired) electrons. The average molecular weight is 923 g/mol. The molecule has 6 amide bonds. The third kappa shape index (κ3) is 9.62. The predicted molar refractivity (Wildman–Crippen MR) is 250 cm³/mol. The van der Waals surface area contributed by atoms with Gasteiger partial charge in [-0.2, -0.15) is 0 Å². The summed E-state index contributed by atoms with van der Waals surface area (Å²) < 4.78 is 7.87. The molecule has 6 heterocycles. The lowest BCUT2D eigenvalue weighted by atomic mass is 9.86. The summed E-state index contributed by atoms with van der Waals surface area (Å²) in [5, 5.41) is 8.80. The van der Waals surface area contributed by atoms with Crippen LogP contribution in [0.1, 0.15) is 64.4 Å². The van der Waals surface area contributed by atoms with Gasteiger partial charge in [0.05, 0.1) is 23.9 Å². The molecule has 3 aromatic carbocycles. The van der Waals surface area contributed by atoms with Crippen LogP contribution in [0.3, 0.4) is 0 Å². The Bertz CT molecular complexity index is 2710. The van der Waals surface area contributed by atoms with Gasteiger partial charge in [0, 0.05) is 82.2 Å². The maximum absolute atomic E-state index is 13.2. The lowest BCUT2D eigenvalue weighted by Gasteiger charge is -2.37. The van der Waals surface area contributed by atoms with E-state index >= 15 is 0 Å². The topological polar surface area (TPSA) is 208 Å². The molecule has 3 N–H and O–H groups in total. The number of nitrogens with zero attached hydrogens (tertiary/aromatic N) is 9. The Morgan fingerprint density at radius 1 is 0.779 bits per heavy atom. The van der Waals surface area contributed by atoms with Crippen molar-refractivity contribution in [3.8, 4) is 5.75 Å². The van der Waals surface area contributed by atoms with Crippen molar-refractivity contribution >= 4 is 63.8 Å². The van der Waals surface area contributed by atoms with Crippen LogP contribution in [0.25, 0.3) is 11.2 Å². The van der Waals surface area contributed by atoms with Crippen LogP contribution in [0.4, 0.5) is 17.2 Å². The van der Waals surface area contributed by atoms with Crippen LogP contribution < -0.4 is 25.6 Å². The Morgan fingerprint density at radius 3 is 2.24 bits per heavy atom. The number of rotatable bonds is 15. The largest absolute Gasteiger partial charge is 0.484 e. The molecule has 0 bridgehead atoms. The van der Waals surface area contributed by atoms with Crippen molar-refractivity contribution in [3.63, 3.8) is 0 Å². The molecule has 19 heteroatoms. The van der Waals surface area contributed by atoms with E-state index in [4.69, 9.17) is 4.74 Å². The second-order valence-electron chi connectivity index (χ2n) is 18.1. The number of piperidine rings is 1. The number of carbonyl (C=O) groups is 6. The number of aromatic nitrogens is 4. The number of carbonyl (C=O) groups excluding carboxylic acids is 6. The fourth-order valence-electron chi connectivity index (χ4n) is 9.84. The van der Waals surface area contributed by atoms with Gasteiger partial charge in [0.2, 0.25) is 17.7 Å². The highest BCUT2D eigenvalue weighted by Gasteiger charge is 2.45. The first-order valence-corrected chi connectivity index (χ1v) is 23.5. The first kappa shape index (κ1) is 44.6. The van der Waals surface area contributed by atoms with E-state index in [9.17, 15) is 28.8 Å². The number of benzene rings is 3. The summed E-state index contributed by atoms with van der Waals surface area (Å²) >= 11 is 0. The molecule has 0 unspecified atom stereocenters. The van der Waals surface area contributed by atoms with Crippen molar-refractivity contribution in [1.82, 2.24) is 49.8 Å². The molecular formula is C49H54N12O7. The third-order valence-corrected chi connectivity index (χ3v) is 13.8. The Morgan fingerprint density at radius 2 is 1.50 bits per heavy atom. The van der Waals surface area contributed by atoms with Gasteiger partial charge in [-0.15, -0.1) is 0 Å². The molecule has 2 aromatic heterocycles. The number of amides is 6. The van der Waals surface area contributed by atoms with E-state index in [1.165, 1.54) is 17.8 Å². The molecule has 68 heavy (non-hydrogen) atoms. The smallest absolute Gasteiger partial charge is 0.262 e. The fourth-order valence-corrected chi connectivity index (χ4v) is 9.84. The summed E-state index contributed by atoms with van der Waals surface area (Å²) in [7, 11) is 0. The zero-order valence-electron chi connectivity index (χ0n) is 37.7. The molecule has 352 valence electrons. The van der Waals surface area contributed by atoms with Gasteiger partial charge >= 0.3 is 0 Å². The van der Waals surface area contributed by atoms with E-state index < -0.39 is 29.7 Å². The van der Waals surface area contributed by atoms with E-state index in [0.717, 1.165) is 93.4 Å². The molecule has 5 aliphatic rings. The van der Waals surface area contributed by atoms with Gasteiger partial charge in [-0.25, -0.2) is 15.0 Å². The number of imidazole rings is 1. The van der Waals surface area contributed by atoms with Gasteiger partial charge in [0.1, 0.15) is 18.1 Å². The third-order valence-electron chi connectivity index (χ3n) is 13.8. The number of hydrogen-bond donors (Lipinski definition) is 3. The zero-order valence-corrected chi connectivity index (χ0v) is 37.7. The monoisotopic (exact) mass is 922 g/mol. The van der Waals surface area contributed by atoms with Crippen LogP contribution in [0.2, 0.25) is 0 Å². The van der Waals surface area contributed by atoms with Crippen LogP contribution in [0.15, 0.2) is 85.5 Å².